The number of carbonyl (C=O) groups is 1. The number of benzene rings is 1. The Morgan fingerprint density at radius 1 is 1.15 bits per heavy atom. The van der Waals surface area contributed by atoms with E-state index in [9.17, 15) is 23.3 Å². The standard InChI is InChI=1S/C17H24N4O5S/c1-14-5-6-15(11-16(14)21(23)24)27(25,26)20-10-9-19(13-20)17(22)12-18-7-3-2-4-8-18/h5-6,11H,2-4,7-10,12-13H2,1H3. The van der Waals surface area contributed by atoms with E-state index in [4.69, 9.17) is 0 Å². The minimum Gasteiger partial charge on any atom is -0.326 e. The van der Waals surface area contributed by atoms with Crippen LogP contribution in [0.3, 0.4) is 0 Å². The van der Waals surface area contributed by atoms with Crippen LogP contribution in [-0.2, 0) is 14.8 Å². The fraction of sp³-hybridized carbons (Fsp3) is 0.588. The Hall–Kier alpha value is -2.04. The van der Waals surface area contributed by atoms with E-state index in [1.165, 1.54) is 27.8 Å². The third-order valence-corrected chi connectivity index (χ3v) is 6.95. The van der Waals surface area contributed by atoms with Crippen LogP contribution in [0, 0.1) is 17.0 Å². The number of rotatable bonds is 5. The van der Waals surface area contributed by atoms with Crippen LogP contribution in [0.1, 0.15) is 24.8 Å². The molecule has 10 heteroatoms. The summed E-state index contributed by atoms with van der Waals surface area (Å²) in [5.41, 5.74) is 0.173. The third kappa shape index (κ3) is 4.28. The van der Waals surface area contributed by atoms with Gasteiger partial charge in [0.25, 0.3) is 5.69 Å². The number of sulfonamides is 1. The van der Waals surface area contributed by atoms with Crippen LogP contribution in [0.4, 0.5) is 5.69 Å². The van der Waals surface area contributed by atoms with Crippen molar-refractivity contribution in [3.05, 3.63) is 33.9 Å². The smallest absolute Gasteiger partial charge is 0.273 e. The SMILES string of the molecule is Cc1ccc(S(=O)(=O)N2CCN(C(=O)CN3CCCCC3)C2)cc1[N+](=O)[O-]. The van der Waals surface area contributed by atoms with E-state index in [0.717, 1.165) is 32.0 Å². The summed E-state index contributed by atoms with van der Waals surface area (Å²) in [7, 11) is -3.89. The Morgan fingerprint density at radius 3 is 2.52 bits per heavy atom. The zero-order valence-electron chi connectivity index (χ0n) is 15.3. The summed E-state index contributed by atoms with van der Waals surface area (Å²) in [6.45, 7) is 4.17. The highest BCUT2D eigenvalue weighted by molar-refractivity contribution is 7.89. The zero-order valence-corrected chi connectivity index (χ0v) is 16.2. The third-order valence-electron chi connectivity index (χ3n) is 5.12. The molecule has 2 aliphatic heterocycles. The first-order valence-corrected chi connectivity index (χ1v) is 10.5. The van der Waals surface area contributed by atoms with Crippen LogP contribution in [0.15, 0.2) is 23.1 Å². The van der Waals surface area contributed by atoms with Crippen molar-refractivity contribution in [2.75, 3.05) is 39.4 Å². The average Bonchev–Trinajstić information content (AvgIpc) is 3.13. The quantitative estimate of drug-likeness (QED) is 0.547. The van der Waals surface area contributed by atoms with Crippen molar-refractivity contribution in [2.45, 2.75) is 31.1 Å². The Bertz CT molecular complexity index is 836. The summed E-state index contributed by atoms with van der Waals surface area (Å²) in [4.78, 5) is 26.5. The summed E-state index contributed by atoms with van der Waals surface area (Å²) in [6.07, 6.45) is 3.35. The molecule has 1 aromatic carbocycles. The van der Waals surface area contributed by atoms with Crippen LogP contribution >= 0.6 is 0 Å². The van der Waals surface area contributed by atoms with E-state index in [2.05, 4.69) is 4.90 Å². The maximum Gasteiger partial charge on any atom is 0.273 e. The minimum atomic E-state index is -3.89. The second-order valence-corrected chi connectivity index (χ2v) is 8.96. The van der Waals surface area contributed by atoms with Crippen LogP contribution in [0.2, 0.25) is 0 Å². The van der Waals surface area contributed by atoms with E-state index >= 15 is 0 Å². The second-order valence-electron chi connectivity index (χ2n) is 7.02. The molecule has 0 saturated carbocycles. The number of nitrogens with zero attached hydrogens (tertiary/aromatic N) is 4. The first-order chi connectivity index (χ1) is 12.8. The molecule has 0 aromatic heterocycles. The molecular formula is C17H24N4O5S. The molecule has 9 nitrogen and oxygen atoms in total. The number of aryl methyl sites for hydroxylation is 1. The molecule has 148 valence electrons. The Morgan fingerprint density at radius 2 is 1.85 bits per heavy atom. The zero-order chi connectivity index (χ0) is 19.6. The fourth-order valence-corrected chi connectivity index (χ4v) is 4.88. The van der Waals surface area contributed by atoms with Gasteiger partial charge in [0.2, 0.25) is 15.9 Å². The van der Waals surface area contributed by atoms with Gasteiger partial charge in [-0.25, -0.2) is 8.42 Å². The normalized spacial score (nSPS) is 19.4. The molecule has 0 unspecified atom stereocenters. The Balaban J connectivity index is 1.69. The van der Waals surface area contributed by atoms with E-state index in [1.807, 2.05) is 0 Å². The summed E-state index contributed by atoms with van der Waals surface area (Å²) < 4.78 is 26.9. The van der Waals surface area contributed by atoms with Crippen LogP contribution in [0.5, 0.6) is 0 Å². The molecular weight excluding hydrogens is 372 g/mol. The van der Waals surface area contributed by atoms with Gasteiger partial charge in [-0.1, -0.05) is 12.5 Å². The summed E-state index contributed by atoms with van der Waals surface area (Å²) in [5.74, 6) is -0.0792. The molecule has 2 heterocycles. The molecule has 0 spiro atoms. The van der Waals surface area contributed by atoms with Gasteiger partial charge in [0, 0.05) is 24.7 Å². The van der Waals surface area contributed by atoms with Gasteiger partial charge in [0.05, 0.1) is 23.0 Å². The molecule has 2 fully saturated rings. The summed E-state index contributed by atoms with van der Waals surface area (Å²) in [5, 5.41) is 11.1. The lowest BCUT2D eigenvalue weighted by molar-refractivity contribution is -0.385. The molecule has 0 bridgehead atoms. The van der Waals surface area contributed by atoms with E-state index in [0.29, 0.717) is 18.7 Å². The van der Waals surface area contributed by atoms with Gasteiger partial charge in [-0.05, 0) is 38.9 Å². The van der Waals surface area contributed by atoms with Crippen LogP contribution < -0.4 is 0 Å². The van der Waals surface area contributed by atoms with Crippen molar-refractivity contribution < 1.29 is 18.1 Å². The van der Waals surface area contributed by atoms with Crippen molar-refractivity contribution in [2.24, 2.45) is 0 Å². The molecule has 2 aliphatic rings. The lowest BCUT2D eigenvalue weighted by Gasteiger charge is -2.27. The first-order valence-electron chi connectivity index (χ1n) is 9.04. The molecule has 0 radical (unpaired) electrons. The Labute approximate surface area is 158 Å². The van der Waals surface area contributed by atoms with Crippen molar-refractivity contribution >= 4 is 21.6 Å². The van der Waals surface area contributed by atoms with E-state index < -0.39 is 14.9 Å². The average molecular weight is 396 g/mol. The number of hydrogen-bond acceptors (Lipinski definition) is 6. The summed E-state index contributed by atoms with van der Waals surface area (Å²) in [6, 6.07) is 3.89. The second kappa shape index (κ2) is 7.91. The van der Waals surface area contributed by atoms with E-state index in [-0.39, 0.29) is 29.7 Å². The minimum absolute atomic E-state index is 0.0172. The molecule has 0 atom stereocenters. The highest BCUT2D eigenvalue weighted by Crippen LogP contribution is 2.26. The molecule has 3 rings (SSSR count). The molecule has 2 saturated heterocycles. The lowest BCUT2D eigenvalue weighted by Crippen LogP contribution is -2.42. The number of carbonyl (C=O) groups excluding carboxylic acids is 1. The van der Waals surface area contributed by atoms with Crippen LogP contribution in [0.25, 0.3) is 0 Å². The monoisotopic (exact) mass is 396 g/mol. The van der Waals surface area contributed by atoms with E-state index in [1.54, 1.807) is 6.92 Å². The van der Waals surface area contributed by atoms with Gasteiger partial charge in [0.1, 0.15) is 0 Å². The predicted octanol–water partition coefficient (Wildman–Crippen LogP) is 1.18. The highest BCUT2D eigenvalue weighted by Gasteiger charge is 2.34. The van der Waals surface area contributed by atoms with Gasteiger partial charge in [-0.3, -0.25) is 19.8 Å². The molecule has 0 N–H and O–H groups in total. The maximum absolute atomic E-state index is 12.8. The van der Waals surface area contributed by atoms with Crippen molar-refractivity contribution in [3.63, 3.8) is 0 Å². The van der Waals surface area contributed by atoms with Crippen molar-refractivity contribution in [3.8, 4) is 0 Å². The van der Waals surface area contributed by atoms with Crippen molar-refractivity contribution in [1.82, 2.24) is 14.1 Å². The Kier molecular flexibility index (Phi) is 5.78. The van der Waals surface area contributed by atoms with Gasteiger partial charge in [-0.2, -0.15) is 4.31 Å². The maximum atomic E-state index is 12.8. The highest BCUT2D eigenvalue weighted by atomic mass is 32.2. The predicted molar refractivity (Wildman–Crippen MR) is 98.6 cm³/mol. The molecule has 27 heavy (non-hydrogen) atoms. The molecule has 1 aromatic rings. The number of nitro groups is 1. The van der Waals surface area contributed by atoms with Gasteiger partial charge >= 0.3 is 0 Å². The molecule has 0 aliphatic carbocycles. The first kappa shape index (κ1) is 19.7. The number of piperidine rings is 1. The number of hydrogen-bond donors (Lipinski definition) is 0. The molecule has 1 amide bonds. The fourth-order valence-electron chi connectivity index (χ4n) is 3.47. The number of amides is 1. The van der Waals surface area contributed by atoms with Gasteiger partial charge < -0.3 is 4.90 Å². The topological polar surface area (TPSA) is 104 Å². The van der Waals surface area contributed by atoms with Gasteiger partial charge in [0.15, 0.2) is 0 Å². The largest absolute Gasteiger partial charge is 0.326 e. The van der Waals surface area contributed by atoms with Gasteiger partial charge in [-0.15, -0.1) is 0 Å². The van der Waals surface area contributed by atoms with Crippen LogP contribution in [-0.4, -0.2) is 72.7 Å². The summed E-state index contributed by atoms with van der Waals surface area (Å²) >= 11 is 0. The van der Waals surface area contributed by atoms with Crippen molar-refractivity contribution in [1.29, 1.82) is 0 Å². The number of likely N-dealkylation sites (tertiary alicyclic amines) is 1. The number of nitro benzene ring substituents is 1. The lowest BCUT2D eigenvalue weighted by atomic mass is 10.1.